The summed E-state index contributed by atoms with van der Waals surface area (Å²) in [5.74, 6) is 0. The van der Waals surface area contributed by atoms with Gasteiger partial charge in [0.25, 0.3) is 0 Å². The molecule has 8 aromatic carbocycles. The lowest BCUT2D eigenvalue weighted by Gasteiger charge is -2.19. The van der Waals surface area contributed by atoms with Gasteiger partial charge in [0.1, 0.15) is 0 Å². The Hall–Kier alpha value is -6.39. The summed E-state index contributed by atoms with van der Waals surface area (Å²) in [5, 5.41) is 10.4. The monoisotopic (exact) mass is 791 g/mol. The molecule has 0 amide bonds. The molecule has 0 saturated carbocycles. The number of allylic oxidation sites excluding steroid dienone is 2. The zero-order chi connectivity index (χ0) is 38.3. The van der Waals surface area contributed by atoms with Gasteiger partial charge in [0.2, 0.25) is 0 Å². The molecule has 4 heterocycles. The van der Waals surface area contributed by atoms with Crippen molar-refractivity contribution in [1.29, 1.82) is 0 Å². The van der Waals surface area contributed by atoms with E-state index in [1.807, 2.05) is 34.0 Å². The largest absolute Gasteiger partial charge is 0.272 e. The number of hydrogen-bond donors (Lipinski definition) is 0. The Kier molecular flexibility index (Phi) is 7.76. The molecule has 1 atom stereocenters. The average molecular weight is 792 g/mol. The first-order valence-corrected chi connectivity index (χ1v) is 22.1. The van der Waals surface area contributed by atoms with Crippen molar-refractivity contribution in [2.24, 2.45) is 4.99 Å². The Labute approximate surface area is 347 Å². The Morgan fingerprint density at radius 1 is 0.466 bits per heavy atom. The van der Waals surface area contributed by atoms with Crippen LogP contribution in [0.2, 0.25) is 0 Å². The summed E-state index contributed by atoms with van der Waals surface area (Å²) in [4.78, 5) is 5.58. The molecule has 0 fully saturated rings. The molecular formula is C54H33NS3. The highest BCUT2D eigenvalue weighted by Crippen LogP contribution is 2.46. The lowest BCUT2D eigenvalue weighted by molar-refractivity contribution is 0.858. The van der Waals surface area contributed by atoms with Crippen LogP contribution in [0, 0.1) is 0 Å². The van der Waals surface area contributed by atoms with Crippen molar-refractivity contribution in [2.45, 2.75) is 13.0 Å². The summed E-state index contributed by atoms with van der Waals surface area (Å²) in [7, 11) is 0. The minimum Gasteiger partial charge on any atom is -0.272 e. The van der Waals surface area contributed by atoms with Crippen LogP contribution >= 0.6 is 34.0 Å². The van der Waals surface area contributed by atoms with Crippen LogP contribution in [0.25, 0.3) is 88.0 Å². The second kappa shape index (κ2) is 13.3. The fourth-order valence-corrected chi connectivity index (χ4v) is 12.4. The molecule has 0 aliphatic carbocycles. The summed E-state index contributed by atoms with van der Waals surface area (Å²) in [6, 6.07) is 60.0. The molecule has 4 heteroatoms. The lowest BCUT2D eigenvalue weighted by atomic mass is 9.91. The van der Waals surface area contributed by atoms with Gasteiger partial charge >= 0.3 is 0 Å². The van der Waals surface area contributed by atoms with Crippen LogP contribution in [0.5, 0.6) is 0 Å². The lowest BCUT2D eigenvalue weighted by Crippen LogP contribution is -2.06. The van der Waals surface area contributed by atoms with Gasteiger partial charge in [-0.1, -0.05) is 121 Å². The first-order valence-electron chi connectivity index (χ1n) is 19.6. The van der Waals surface area contributed by atoms with Gasteiger partial charge in [-0.05, 0) is 88.7 Å². The third kappa shape index (κ3) is 5.38. The highest BCUT2D eigenvalue weighted by atomic mass is 32.1. The topological polar surface area (TPSA) is 12.4 Å². The van der Waals surface area contributed by atoms with E-state index in [1.54, 1.807) is 0 Å². The van der Waals surface area contributed by atoms with E-state index in [1.165, 1.54) is 93.6 Å². The molecular weight excluding hydrogens is 759 g/mol. The quantitative estimate of drug-likeness (QED) is 0.157. The number of fused-ring (bicyclic) bond motifs is 11. The van der Waals surface area contributed by atoms with Crippen LogP contribution in [-0.4, -0.2) is 5.71 Å². The maximum Gasteiger partial charge on any atom is 0.0974 e. The van der Waals surface area contributed by atoms with E-state index < -0.39 is 0 Å². The molecule has 0 bridgehead atoms. The van der Waals surface area contributed by atoms with Gasteiger partial charge in [-0.3, -0.25) is 4.99 Å². The standard InChI is InChI=1S/C54H33NS3/c1-32-28-34(35-24-27-49-44(29-35)38-15-7-9-19-47(38)56-49)23-26-46(33-12-3-2-4-13-33)55-53(32)42-18-11-21-50-52(42)41-25-22-36(30-51(41)57-50)43-31-45-39-16-8-10-20-48(39)58-54(45)40-17-6-5-14-37(40)43/h2-22,24-31,53H,1H3/b32-28+,55-46?. The van der Waals surface area contributed by atoms with Crippen LogP contribution in [-0.2, 0) is 0 Å². The number of rotatable bonds is 4. The molecule has 58 heavy (non-hydrogen) atoms. The summed E-state index contributed by atoms with van der Waals surface area (Å²) in [6.07, 6.45) is 4.40. The van der Waals surface area contributed by atoms with Gasteiger partial charge < -0.3 is 0 Å². The first kappa shape index (κ1) is 33.7. The van der Waals surface area contributed by atoms with Crippen LogP contribution in [0.3, 0.4) is 0 Å². The Balaban J connectivity index is 1.03. The molecule has 1 aliphatic heterocycles. The number of aliphatic imine (C=N–C) groups is 1. The van der Waals surface area contributed by atoms with Crippen LogP contribution in [0.15, 0.2) is 192 Å². The van der Waals surface area contributed by atoms with Crippen molar-refractivity contribution in [3.63, 3.8) is 0 Å². The van der Waals surface area contributed by atoms with Gasteiger partial charge in [0, 0.05) is 83.1 Å². The third-order valence-corrected chi connectivity index (χ3v) is 15.2. The van der Waals surface area contributed by atoms with Gasteiger partial charge in [-0.15, -0.1) is 39.7 Å². The predicted octanol–water partition coefficient (Wildman–Crippen LogP) is 16.3. The maximum atomic E-state index is 5.58. The van der Waals surface area contributed by atoms with Crippen molar-refractivity contribution >= 4 is 117 Å². The molecule has 12 rings (SSSR count). The zero-order valence-corrected chi connectivity index (χ0v) is 33.9. The predicted molar refractivity (Wildman–Crippen MR) is 255 cm³/mol. The van der Waals surface area contributed by atoms with E-state index in [-0.39, 0.29) is 6.04 Å². The number of benzene rings is 8. The van der Waals surface area contributed by atoms with E-state index in [0.29, 0.717) is 0 Å². The van der Waals surface area contributed by atoms with Gasteiger partial charge in [0.05, 0.1) is 11.8 Å². The summed E-state index contributed by atoms with van der Waals surface area (Å²) in [5.41, 5.74) is 12.9. The third-order valence-electron chi connectivity index (χ3n) is 11.7. The summed E-state index contributed by atoms with van der Waals surface area (Å²) in [6.45, 7) is 2.24. The molecule has 0 N–H and O–H groups in total. The van der Waals surface area contributed by atoms with E-state index in [2.05, 4.69) is 189 Å². The highest BCUT2D eigenvalue weighted by molar-refractivity contribution is 7.27. The van der Waals surface area contributed by atoms with Crippen LogP contribution in [0.1, 0.15) is 29.7 Å². The second-order valence-electron chi connectivity index (χ2n) is 15.2. The zero-order valence-electron chi connectivity index (χ0n) is 31.5. The molecule has 11 aromatic rings. The Bertz CT molecular complexity index is 3620. The summed E-state index contributed by atoms with van der Waals surface area (Å²) < 4.78 is 7.88. The smallest absolute Gasteiger partial charge is 0.0974 e. The van der Waals surface area contributed by atoms with Crippen LogP contribution in [0.4, 0.5) is 0 Å². The van der Waals surface area contributed by atoms with Crippen molar-refractivity contribution in [2.75, 3.05) is 0 Å². The Morgan fingerprint density at radius 3 is 1.98 bits per heavy atom. The fraction of sp³-hybridized carbons (Fsp3) is 0.0370. The number of hydrogen-bond acceptors (Lipinski definition) is 4. The molecule has 1 aliphatic rings. The minimum absolute atomic E-state index is 0.186. The SMILES string of the molecule is C/C1=C\C(c2ccc3sc4ccccc4c3c2)=C=CC(c2ccccc2)=NC1c1cccc2sc3cc(-c4cc5c6ccccc6sc5c5ccccc45)ccc3c12. The normalized spacial score (nSPS) is 15.7. The highest BCUT2D eigenvalue weighted by Gasteiger charge is 2.22. The van der Waals surface area contributed by atoms with E-state index in [0.717, 1.165) is 22.4 Å². The fourth-order valence-electron chi connectivity index (χ4n) is 8.95. The second-order valence-corrected chi connectivity index (χ2v) is 18.4. The van der Waals surface area contributed by atoms with E-state index in [4.69, 9.17) is 4.99 Å². The number of thiophene rings is 3. The molecule has 0 radical (unpaired) electrons. The molecule has 1 unspecified atom stereocenters. The van der Waals surface area contributed by atoms with Crippen molar-refractivity contribution < 1.29 is 0 Å². The van der Waals surface area contributed by atoms with Gasteiger partial charge in [-0.25, -0.2) is 0 Å². The first-order chi connectivity index (χ1) is 28.6. The van der Waals surface area contributed by atoms with Crippen molar-refractivity contribution in [3.05, 3.63) is 204 Å². The van der Waals surface area contributed by atoms with Crippen molar-refractivity contribution in [1.82, 2.24) is 0 Å². The van der Waals surface area contributed by atoms with E-state index in [9.17, 15) is 0 Å². The minimum atomic E-state index is -0.186. The number of nitrogens with zero attached hydrogens (tertiary/aromatic N) is 1. The maximum absolute atomic E-state index is 5.58. The molecule has 0 saturated heterocycles. The molecule has 272 valence electrons. The van der Waals surface area contributed by atoms with Gasteiger partial charge in [-0.2, -0.15) is 0 Å². The van der Waals surface area contributed by atoms with Crippen molar-refractivity contribution in [3.8, 4) is 11.1 Å². The molecule has 3 aromatic heterocycles. The summed E-state index contributed by atoms with van der Waals surface area (Å²) >= 11 is 5.63. The molecule has 0 spiro atoms. The van der Waals surface area contributed by atoms with Gasteiger partial charge in [0.15, 0.2) is 0 Å². The average Bonchev–Trinajstić information content (AvgIpc) is 3.96. The van der Waals surface area contributed by atoms with E-state index >= 15 is 0 Å². The van der Waals surface area contributed by atoms with Crippen LogP contribution < -0.4 is 0 Å². The Morgan fingerprint density at radius 2 is 1.14 bits per heavy atom. The molecule has 1 nitrogen and oxygen atoms in total.